The van der Waals surface area contributed by atoms with Gasteiger partial charge in [-0.2, -0.15) is 10.1 Å². The third-order valence-corrected chi connectivity index (χ3v) is 3.87. The highest BCUT2D eigenvalue weighted by Crippen LogP contribution is 2.23. The van der Waals surface area contributed by atoms with E-state index in [0.29, 0.717) is 16.8 Å². The number of anilines is 4. The average molecular weight is 340 g/mol. The van der Waals surface area contributed by atoms with E-state index in [1.807, 2.05) is 37.3 Å². The first-order valence-corrected chi connectivity index (χ1v) is 8.10. The maximum Gasteiger partial charge on any atom is 0.249 e. The van der Waals surface area contributed by atoms with Crippen LogP contribution in [0.1, 0.15) is 18.1 Å². The Bertz CT molecular complexity index is 833. The van der Waals surface area contributed by atoms with Gasteiger partial charge in [0.15, 0.2) is 5.82 Å². The molecule has 0 bridgehead atoms. The molecule has 2 N–H and O–H groups in total. The number of hydrogen-bond acceptors (Lipinski definition) is 5. The van der Waals surface area contributed by atoms with Gasteiger partial charge in [-0.3, -0.25) is 0 Å². The molecule has 24 heavy (non-hydrogen) atoms. The van der Waals surface area contributed by atoms with Gasteiger partial charge in [-0.25, -0.2) is 0 Å². The van der Waals surface area contributed by atoms with E-state index < -0.39 is 0 Å². The molecule has 0 atom stereocenters. The number of nitrogens with one attached hydrogen (secondary N) is 2. The van der Waals surface area contributed by atoms with Gasteiger partial charge >= 0.3 is 0 Å². The fourth-order valence-electron chi connectivity index (χ4n) is 2.24. The minimum absolute atomic E-state index is 0.413. The summed E-state index contributed by atoms with van der Waals surface area (Å²) in [4.78, 5) is 4.44. The highest BCUT2D eigenvalue weighted by Gasteiger charge is 2.05. The summed E-state index contributed by atoms with van der Waals surface area (Å²) >= 11 is 6.04. The van der Waals surface area contributed by atoms with Crippen molar-refractivity contribution in [2.45, 2.75) is 20.3 Å². The second-order valence-electron chi connectivity index (χ2n) is 5.42. The van der Waals surface area contributed by atoms with E-state index in [1.165, 1.54) is 5.56 Å². The maximum atomic E-state index is 6.04. The fraction of sp³-hybridized carbons (Fsp3) is 0.167. The zero-order valence-electron chi connectivity index (χ0n) is 13.5. The number of benzene rings is 2. The zero-order chi connectivity index (χ0) is 16.9. The van der Waals surface area contributed by atoms with Crippen molar-refractivity contribution >= 4 is 34.7 Å². The van der Waals surface area contributed by atoms with Gasteiger partial charge in [-0.05, 0) is 48.7 Å². The molecule has 1 heterocycles. The predicted octanol–water partition coefficient (Wildman–Crippen LogP) is 4.88. The van der Waals surface area contributed by atoms with Crippen LogP contribution in [0.5, 0.6) is 0 Å². The number of rotatable bonds is 5. The minimum Gasteiger partial charge on any atom is -0.339 e. The molecule has 0 unspecified atom stereocenters. The summed E-state index contributed by atoms with van der Waals surface area (Å²) in [6.45, 7) is 4.12. The zero-order valence-corrected chi connectivity index (χ0v) is 14.3. The van der Waals surface area contributed by atoms with Crippen LogP contribution in [0, 0.1) is 6.92 Å². The van der Waals surface area contributed by atoms with Crippen LogP contribution in [0.4, 0.5) is 23.1 Å². The van der Waals surface area contributed by atoms with Gasteiger partial charge < -0.3 is 10.6 Å². The molecule has 6 heteroatoms. The lowest BCUT2D eigenvalue weighted by Gasteiger charge is -2.10. The smallest absolute Gasteiger partial charge is 0.249 e. The van der Waals surface area contributed by atoms with Crippen molar-refractivity contribution in [3.8, 4) is 0 Å². The van der Waals surface area contributed by atoms with E-state index in [1.54, 1.807) is 6.20 Å². The van der Waals surface area contributed by atoms with Crippen LogP contribution < -0.4 is 10.6 Å². The van der Waals surface area contributed by atoms with Crippen molar-refractivity contribution in [2.24, 2.45) is 0 Å². The van der Waals surface area contributed by atoms with Gasteiger partial charge in [0.1, 0.15) is 0 Å². The molecule has 0 amide bonds. The van der Waals surface area contributed by atoms with E-state index in [4.69, 9.17) is 11.6 Å². The van der Waals surface area contributed by atoms with Crippen LogP contribution in [0.25, 0.3) is 0 Å². The van der Waals surface area contributed by atoms with E-state index in [0.717, 1.165) is 23.4 Å². The molecule has 3 aromatic rings. The Balaban J connectivity index is 1.77. The number of aryl methyl sites for hydroxylation is 2. The second-order valence-corrected chi connectivity index (χ2v) is 5.86. The van der Waals surface area contributed by atoms with Gasteiger partial charge in [0.05, 0.1) is 6.20 Å². The van der Waals surface area contributed by atoms with Gasteiger partial charge in [-0.1, -0.05) is 36.7 Å². The second kappa shape index (κ2) is 7.27. The van der Waals surface area contributed by atoms with Crippen molar-refractivity contribution in [2.75, 3.05) is 10.6 Å². The quantitative estimate of drug-likeness (QED) is 0.693. The third-order valence-electron chi connectivity index (χ3n) is 3.64. The normalized spacial score (nSPS) is 10.5. The Morgan fingerprint density at radius 3 is 2.58 bits per heavy atom. The van der Waals surface area contributed by atoms with Gasteiger partial charge in [0, 0.05) is 16.4 Å². The molecule has 0 aliphatic carbocycles. The Hall–Kier alpha value is -2.66. The van der Waals surface area contributed by atoms with Crippen LogP contribution in [0.15, 0.2) is 48.7 Å². The van der Waals surface area contributed by atoms with E-state index >= 15 is 0 Å². The first kappa shape index (κ1) is 16.2. The number of nitrogens with zero attached hydrogens (tertiary/aromatic N) is 3. The molecular formula is C18H18ClN5. The minimum atomic E-state index is 0.413. The highest BCUT2D eigenvalue weighted by atomic mass is 35.5. The van der Waals surface area contributed by atoms with E-state index in [-0.39, 0.29) is 0 Å². The summed E-state index contributed by atoms with van der Waals surface area (Å²) in [7, 11) is 0. The fourth-order valence-corrected chi connectivity index (χ4v) is 2.41. The van der Waals surface area contributed by atoms with Crippen LogP contribution in [0.2, 0.25) is 5.02 Å². The molecule has 0 aliphatic rings. The van der Waals surface area contributed by atoms with Crippen molar-refractivity contribution in [3.05, 3.63) is 64.8 Å². The lowest BCUT2D eigenvalue weighted by atomic mass is 10.1. The van der Waals surface area contributed by atoms with E-state index in [2.05, 4.69) is 44.9 Å². The molecule has 0 radical (unpaired) electrons. The predicted molar refractivity (Wildman–Crippen MR) is 98.4 cm³/mol. The Labute approximate surface area is 146 Å². The molecule has 0 spiro atoms. The third kappa shape index (κ3) is 4.00. The molecule has 2 aromatic carbocycles. The molecular weight excluding hydrogens is 322 g/mol. The lowest BCUT2D eigenvalue weighted by Crippen LogP contribution is -2.03. The summed E-state index contributed by atoms with van der Waals surface area (Å²) in [6, 6.07) is 13.8. The standard InChI is InChI=1S/C18H18ClN5/c1-3-13-5-8-15(9-6-13)21-17-11-20-24-18(23-17)22-16-10-14(19)7-4-12(16)2/h4-11H,3H2,1-2H3,(H2,21,22,23,24). The highest BCUT2D eigenvalue weighted by molar-refractivity contribution is 6.30. The SMILES string of the molecule is CCc1ccc(Nc2cnnc(Nc3cc(Cl)ccc3C)n2)cc1. The van der Waals surface area contributed by atoms with Crippen molar-refractivity contribution in [1.82, 2.24) is 15.2 Å². The molecule has 0 saturated carbocycles. The van der Waals surface area contributed by atoms with Crippen LogP contribution >= 0.6 is 11.6 Å². The van der Waals surface area contributed by atoms with Gasteiger partial charge in [-0.15, -0.1) is 5.10 Å². The monoisotopic (exact) mass is 339 g/mol. The average Bonchev–Trinajstić information content (AvgIpc) is 2.59. The van der Waals surface area contributed by atoms with E-state index in [9.17, 15) is 0 Å². The first-order chi connectivity index (χ1) is 11.6. The van der Waals surface area contributed by atoms with Crippen molar-refractivity contribution in [3.63, 3.8) is 0 Å². The summed E-state index contributed by atoms with van der Waals surface area (Å²) < 4.78 is 0. The van der Waals surface area contributed by atoms with Crippen molar-refractivity contribution < 1.29 is 0 Å². The Morgan fingerprint density at radius 1 is 1.04 bits per heavy atom. The maximum absolute atomic E-state index is 6.04. The summed E-state index contributed by atoms with van der Waals surface area (Å²) in [6.07, 6.45) is 2.60. The Kier molecular flexibility index (Phi) is 4.91. The van der Waals surface area contributed by atoms with Gasteiger partial charge in [0.2, 0.25) is 5.95 Å². The number of hydrogen-bond donors (Lipinski definition) is 2. The number of aromatic nitrogens is 3. The van der Waals surface area contributed by atoms with Crippen LogP contribution in [0.3, 0.4) is 0 Å². The van der Waals surface area contributed by atoms with Gasteiger partial charge in [0.25, 0.3) is 0 Å². The largest absolute Gasteiger partial charge is 0.339 e. The first-order valence-electron chi connectivity index (χ1n) is 7.73. The van der Waals surface area contributed by atoms with Crippen LogP contribution in [-0.2, 0) is 6.42 Å². The molecule has 122 valence electrons. The van der Waals surface area contributed by atoms with Crippen molar-refractivity contribution in [1.29, 1.82) is 0 Å². The summed E-state index contributed by atoms with van der Waals surface area (Å²) in [5.74, 6) is 1.03. The Morgan fingerprint density at radius 2 is 1.83 bits per heavy atom. The lowest BCUT2D eigenvalue weighted by molar-refractivity contribution is 0.981. The summed E-state index contributed by atoms with van der Waals surface area (Å²) in [5.41, 5.74) is 4.16. The molecule has 5 nitrogen and oxygen atoms in total. The molecule has 3 rings (SSSR count). The molecule has 0 fully saturated rings. The molecule has 0 saturated heterocycles. The molecule has 1 aromatic heterocycles. The number of halogens is 1. The molecule has 0 aliphatic heterocycles. The van der Waals surface area contributed by atoms with Crippen LogP contribution in [-0.4, -0.2) is 15.2 Å². The topological polar surface area (TPSA) is 62.7 Å². The summed E-state index contributed by atoms with van der Waals surface area (Å²) in [5, 5.41) is 15.0.